The predicted octanol–water partition coefficient (Wildman–Crippen LogP) is 6.49. The highest BCUT2D eigenvalue weighted by Crippen LogP contribution is 2.29. The second-order valence-corrected chi connectivity index (χ2v) is 10.3. The van der Waals surface area contributed by atoms with Crippen LogP contribution < -0.4 is 0 Å². The Morgan fingerprint density at radius 1 is 1.24 bits per heavy atom. The molecular weight excluding hydrogens is 522 g/mol. The third-order valence-electron chi connectivity index (χ3n) is 5.47. The quantitative estimate of drug-likeness (QED) is 0.300. The van der Waals surface area contributed by atoms with E-state index in [0.717, 1.165) is 28.9 Å². The Kier molecular flexibility index (Phi) is 10.2. The van der Waals surface area contributed by atoms with Gasteiger partial charge in [0.05, 0.1) is 12.8 Å². The van der Waals surface area contributed by atoms with Gasteiger partial charge in [0.25, 0.3) is 0 Å². The van der Waals surface area contributed by atoms with Crippen LogP contribution in [0.15, 0.2) is 78.3 Å². The van der Waals surface area contributed by atoms with Crippen molar-refractivity contribution in [3.8, 4) is 0 Å². The first-order valence-corrected chi connectivity index (χ1v) is 12.7. The van der Waals surface area contributed by atoms with Gasteiger partial charge in [-0.2, -0.15) is 26.3 Å². The summed E-state index contributed by atoms with van der Waals surface area (Å²) in [7, 11) is -4.31. The molecule has 0 bridgehead atoms. The van der Waals surface area contributed by atoms with E-state index in [9.17, 15) is 34.8 Å². The number of nitrogens with zero attached hydrogens (tertiary/aromatic N) is 2. The van der Waals surface area contributed by atoms with Gasteiger partial charge in [0.2, 0.25) is 10.0 Å². The first-order valence-electron chi connectivity index (χ1n) is 11.2. The summed E-state index contributed by atoms with van der Waals surface area (Å²) >= 11 is 0. The highest BCUT2D eigenvalue weighted by Gasteiger charge is 2.35. The van der Waals surface area contributed by atoms with Crippen molar-refractivity contribution >= 4 is 10.0 Å². The molecule has 1 aromatic rings. The van der Waals surface area contributed by atoms with Crippen LogP contribution in [-0.4, -0.2) is 42.3 Å². The molecule has 0 amide bonds. The molecule has 2 heterocycles. The number of halogens is 6. The molecule has 0 saturated carbocycles. The minimum absolute atomic E-state index is 0.0922. The lowest BCUT2D eigenvalue weighted by Gasteiger charge is -2.28. The summed E-state index contributed by atoms with van der Waals surface area (Å²) in [6.45, 7) is 5.45. The number of rotatable bonds is 6. The third-order valence-corrected chi connectivity index (χ3v) is 7.57. The summed E-state index contributed by atoms with van der Waals surface area (Å²) in [6.07, 6.45) is -0.748. The molecule has 0 N–H and O–H groups in total. The monoisotopic (exact) mass is 550 g/mol. The van der Waals surface area contributed by atoms with Crippen LogP contribution in [0.3, 0.4) is 0 Å². The van der Waals surface area contributed by atoms with Crippen molar-refractivity contribution in [3.63, 3.8) is 0 Å². The highest BCUT2D eigenvalue weighted by molar-refractivity contribution is 7.90. The van der Waals surface area contributed by atoms with E-state index in [1.807, 2.05) is 0 Å². The standard InChI is InChI=1S/C25H28F6N2O3S/c1-4-22(16-18(2)24(26,27)28)37(34,35)33-13-15-36-14-7-10-20(9-5-8-19(33)3)17-21-11-6-12-23(32-21)25(29,30)31/h4,6-8,10-12,14,16,22H,1,5,9,13,15,17H2,2-3H3/b14-7+,18-16+,19-8+,20-10+. The van der Waals surface area contributed by atoms with Crippen LogP contribution in [-0.2, 0) is 27.4 Å². The molecule has 12 heteroatoms. The zero-order chi connectivity index (χ0) is 27.9. The molecule has 5 nitrogen and oxygen atoms in total. The van der Waals surface area contributed by atoms with E-state index >= 15 is 0 Å². The Hall–Kier alpha value is -3.02. The normalized spacial score (nSPS) is 21.3. The van der Waals surface area contributed by atoms with E-state index in [1.54, 1.807) is 18.2 Å². The molecular formula is C25H28F6N2O3S. The van der Waals surface area contributed by atoms with Gasteiger partial charge >= 0.3 is 12.4 Å². The van der Waals surface area contributed by atoms with Gasteiger partial charge in [0.1, 0.15) is 17.6 Å². The summed E-state index contributed by atoms with van der Waals surface area (Å²) in [6, 6.07) is 3.64. The number of ether oxygens (including phenoxy) is 1. The maximum atomic E-state index is 13.2. The number of hydrogen-bond donors (Lipinski definition) is 0. The Labute approximate surface area is 212 Å². The number of alkyl halides is 6. The van der Waals surface area contributed by atoms with Crippen LogP contribution in [0.2, 0.25) is 0 Å². The van der Waals surface area contributed by atoms with E-state index in [-0.39, 0.29) is 31.0 Å². The Balaban J connectivity index is 2.30. The van der Waals surface area contributed by atoms with Crippen LogP contribution in [0.5, 0.6) is 0 Å². The van der Waals surface area contributed by atoms with E-state index in [0.29, 0.717) is 18.9 Å². The molecule has 0 spiro atoms. The summed E-state index contributed by atoms with van der Waals surface area (Å²) in [5, 5.41) is -1.62. The lowest BCUT2D eigenvalue weighted by atomic mass is 10.0. The number of aromatic nitrogens is 1. The van der Waals surface area contributed by atoms with Crippen molar-refractivity contribution in [2.24, 2.45) is 0 Å². The van der Waals surface area contributed by atoms with E-state index in [1.165, 1.54) is 25.3 Å². The van der Waals surface area contributed by atoms with Crippen molar-refractivity contribution in [1.29, 1.82) is 0 Å². The van der Waals surface area contributed by atoms with Gasteiger partial charge in [0, 0.05) is 23.4 Å². The number of hydrogen-bond acceptors (Lipinski definition) is 4. The Morgan fingerprint density at radius 3 is 2.57 bits per heavy atom. The van der Waals surface area contributed by atoms with E-state index in [4.69, 9.17) is 4.74 Å². The lowest BCUT2D eigenvalue weighted by molar-refractivity contribution is -0.141. The zero-order valence-corrected chi connectivity index (χ0v) is 21.1. The fourth-order valence-corrected chi connectivity index (χ4v) is 5.19. The maximum absolute atomic E-state index is 13.2. The van der Waals surface area contributed by atoms with Gasteiger partial charge in [-0.05, 0) is 44.9 Å². The fraction of sp³-hybridized carbons (Fsp3) is 0.400. The summed E-state index contributed by atoms with van der Waals surface area (Å²) in [5.41, 5.74) is -0.851. The SMILES string of the molecule is C=CC(/C=C(\C)C(F)(F)F)S(=O)(=O)N1CCO/C=C/C=C(/Cc2cccc(C(F)(F)F)n2)CC/C=C/1C. The second kappa shape index (κ2) is 12.5. The molecule has 0 fully saturated rings. The van der Waals surface area contributed by atoms with E-state index < -0.39 is 38.9 Å². The van der Waals surface area contributed by atoms with Gasteiger partial charge in [-0.1, -0.05) is 35.9 Å². The van der Waals surface area contributed by atoms with Gasteiger partial charge in [-0.15, -0.1) is 6.58 Å². The van der Waals surface area contributed by atoms with Crippen LogP contribution in [0.1, 0.15) is 38.1 Å². The molecule has 0 radical (unpaired) electrons. The van der Waals surface area contributed by atoms with Crippen LogP contribution in [0.25, 0.3) is 0 Å². The van der Waals surface area contributed by atoms with Gasteiger partial charge < -0.3 is 4.74 Å². The molecule has 1 unspecified atom stereocenters. The first kappa shape index (κ1) is 30.2. The summed E-state index contributed by atoms with van der Waals surface area (Å²) < 4.78 is 111. The molecule has 204 valence electrons. The van der Waals surface area contributed by atoms with Crippen LogP contribution in [0.4, 0.5) is 26.3 Å². The Morgan fingerprint density at radius 2 is 1.95 bits per heavy atom. The minimum Gasteiger partial charge on any atom is -0.499 e. The van der Waals surface area contributed by atoms with E-state index in [2.05, 4.69) is 11.6 Å². The number of sulfonamides is 1. The summed E-state index contributed by atoms with van der Waals surface area (Å²) in [4.78, 5) is 3.68. The molecule has 0 saturated heterocycles. The first-order chi connectivity index (χ1) is 17.2. The molecule has 37 heavy (non-hydrogen) atoms. The van der Waals surface area contributed by atoms with Crippen molar-refractivity contribution in [2.45, 2.75) is 50.7 Å². The zero-order valence-electron chi connectivity index (χ0n) is 20.3. The van der Waals surface area contributed by atoms with Crippen molar-refractivity contribution < 1.29 is 39.5 Å². The average molecular weight is 551 g/mol. The smallest absolute Gasteiger partial charge is 0.433 e. The van der Waals surface area contributed by atoms with Gasteiger partial charge in [-0.25, -0.2) is 13.4 Å². The Bertz CT molecular complexity index is 1180. The largest absolute Gasteiger partial charge is 0.499 e. The topological polar surface area (TPSA) is 59.5 Å². The van der Waals surface area contributed by atoms with Gasteiger partial charge in [0.15, 0.2) is 0 Å². The molecule has 0 aromatic carbocycles. The molecule has 1 aromatic heterocycles. The van der Waals surface area contributed by atoms with Crippen LogP contribution in [0, 0.1) is 0 Å². The number of allylic oxidation sites excluding steroid dienone is 6. The maximum Gasteiger partial charge on any atom is 0.433 e. The molecule has 1 atom stereocenters. The lowest BCUT2D eigenvalue weighted by Crippen LogP contribution is -2.38. The fourth-order valence-electron chi connectivity index (χ4n) is 3.47. The molecule has 0 aliphatic carbocycles. The number of pyridine rings is 1. The van der Waals surface area contributed by atoms with Crippen molar-refractivity contribution in [2.75, 3.05) is 13.2 Å². The van der Waals surface area contributed by atoms with Crippen molar-refractivity contribution in [1.82, 2.24) is 9.29 Å². The average Bonchev–Trinajstić information content (AvgIpc) is 2.79. The highest BCUT2D eigenvalue weighted by atomic mass is 32.2. The van der Waals surface area contributed by atoms with Crippen molar-refractivity contribution in [3.05, 3.63) is 89.7 Å². The second-order valence-electron chi connectivity index (χ2n) is 8.26. The third kappa shape index (κ3) is 8.80. The predicted molar refractivity (Wildman–Crippen MR) is 129 cm³/mol. The molecule has 1 aliphatic heterocycles. The minimum atomic E-state index is -4.69. The van der Waals surface area contributed by atoms with Crippen LogP contribution >= 0.6 is 0 Å². The van der Waals surface area contributed by atoms with Gasteiger partial charge in [-0.3, -0.25) is 4.31 Å². The molecule has 2 rings (SSSR count). The summed E-state index contributed by atoms with van der Waals surface area (Å²) in [5.74, 6) is 0. The molecule has 1 aliphatic rings.